The van der Waals surface area contributed by atoms with Crippen LogP contribution in [0.25, 0.3) is 0 Å². The van der Waals surface area contributed by atoms with E-state index >= 15 is 0 Å². The molecule has 4 aliphatic rings. The normalized spacial score (nSPS) is 18.2. The summed E-state index contributed by atoms with van der Waals surface area (Å²) in [6.45, 7) is 17.4. The number of fused-ring (bicyclic) bond motifs is 2. The van der Waals surface area contributed by atoms with Crippen molar-refractivity contribution in [1.29, 1.82) is 0 Å². The molecule has 0 radical (unpaired) electrons. The van der Waals surface area contributed by atoms with Crippen molar-refractivity contribution in [2.75, 3.05) is 27.2 Å². The van der Waals surface area contributed by atoms with Gasteiger partial charge in [0.25, 0.3) is 0 Å². The van der Waals surface area contributed by atoms with Crippen LogP contribution in [0.15, 0.2) is 60.7 Å². The first-order valence-corrected chi connectivity index (χ1v) is 20.8. The van der Waals surface area contributed by atoms with E-state index in [9.17, 15) is 19.5 Å². The summed E-state index contributed by atoms with van der Waals surface area (Å²) in [7, 11) is 4.11. The maximum atomic E-state index is 13.9. The molecule has 4 heterocycles. The third-order valence-electron chi connectivity index (χ3n) is 11.4. The molecule has 4 aliphatic heterocycles. The number of benzene rings is 4. The predicted molar refractivity (Wildman–Crippen MR) is 228 cm³/mol. The van der Waals surface area contributed by atoms with E-state index in [0.717, 1.165) is 46.3 Å². The fourth-order valence-corrected chi connectivity index (χ4v) is 7.62. The molecule has 6 bridgehead atoms. The number of likely N-dealkylation sites (N-methyl/N-ethyl adjacent to an activating group) is 2. The van der Waals surface area contributed by atoms with E-state index in [0.29, 0.717) is 43.1 Å². The van der Waals surface area contributed by atoms with Gasteiger partial charge in [0.05, 0.1) is 16.2 Å². The number of nitrogens with zero attached hydrogens (tertiary/aromatic N) is 2. The molecule has 318 valence electrons. The third kappa shape index (κ3) is 8.88. The van der Waals surface area contributed by atoms with E-state index in [1.54, 1.807) is 80.5 Å². The van der Waals surface area contributed by atoms with Crippen LogP contribution >= 0.6 is 0 Å². The van der Waals surface area contributed by atoms with Crippen LogP contribution in [0.4, 0.5) is 0 Å². The van der Waals surface area contributed by atoms with Crippen molar-refractivity contribution >= 4 is 17.9 Å². The number of phenols is 1. The van der Waals surface area contributed by atoms with Crippen molar-refractivity contribution < 1.29 is 43.2 Å². The van der Waals surface area contributed by atoms with Crippen molar-refractivity contribution in [3.05, 3.63) is 94.0 Å². The van der Waals surface area contributed by atoms with Gasteiger partial charge >= 0.3 is 17.9 Å². The summed E-state index contributed by atoms with van der Waals surface area (Å²) in [6.07, 6.45) is 2.39. The number of phenolic OH excluding ortho intramolecular Hbond substituents is 1. The largest absolute Gasteiger partial charge is 0.504 e. The van der Waals surface area contributed by atoms with E-state index in [4.69, 9.17) is 23.7 Å². The van der Waals surface area contributed by atoms with Crippen LogP contribution < -0.4 is 23.7 Å². The van der Waals surface area contributed by atoms with Gasteiger partial charge in [-0.05, 0) is 172 Å². The molecule has 0 saturated heterocycles. The molecule has 4 aromatic carbocycles. The number of hydrogen-bond acceptors (Lipinski definition) is 11. The minimum absolute atomic E-state index is 0.0419. The van der Waals surface area contributed by atoms with Gasteiger partial charge in [-0.2, -0.15) is 0 Å². The van der Waals surface area contributed by atoms with Crippen molar-refractivity contribution in [1.82, 2.24) is 9.80 Å². The Kier molecular flexibility index (Phi) is 11.3. The van der Waals surface area contributed by atoms with Crippen LogP contribution in [0.3, 0.4) is 0 Å². The molecule has 0 aromatic heterocycles. The third-order valence-corrected chi connectivity index (χ3v) is 11.4. The average molecular weight is 819 g/mol. The summed E-state index contributed by atoms with van der Waals surface area (Å²) in [4.78, 5) is 45.1. The second-order valence-electron chi connectivity index (χ2n) is 19.6. The van der Waals surface area contributed by atoms with E-state index in [-0.39, 0.29) is 40.8 Å². The summed E-state index contributed by atoms with van der Waals surface area (Å²) >= 11 is 0. The maximum absolute atomic E-state index is 13.9. The van der Waals surface area contributed by atoms with Crippen LogP contribution in [-0.2, 0) is 40.1 Å². The van der Waals surface area contributed by atoms with Crippen molar-refractivity contribution in [3.63, 3.8) is 0 Å². The van der Waals surface area contributed by atoms with Gasteiger partial charge in [-0.3, -0.25) is 24.2 Å². The van der Waals surface area contributed by atoms with Crippen LogP contribution in [0.1, 0.15) is 108 Å². The Balaban J connectivity index is 1.49. The van der Waals surface area contributed by atoms with Crippen molar-refractivity contribution in [2.45, 2.75) is 100 Å². The van der Waals surface area contributed by atoms with Crippen LogP contribution in [0.5, 0.6) is 46.0 Å². The highest BCUT2D eigenvalue weighted by Crippen LogP contribution is 2.53. The molecular weight excluding hydrogens is 761 g/mol. The topological polar surface area (TPSA) is 124 Å². The summed E-state index contributed by atoms with van der Waals surface area (Å²) in [5.41, 5.74) is 2.97. The molecular formula is C49H58N2O9. The van der Waals surface area contributed by atoms with Crippen molar-refractivity contribution in [2.24, 2.45) is 16.2 Å². The Bertz CT molecular complexity index is 2330. The predicted octanol–water partition coefficient (Wildman–Crippen LogP) is 9.69. The maximum Gasteiger partial charge on any atom is 0.316 e. The molecule has 0 aliphatic carbocycles. The fraction of sp³-hybridized carbons (Fsp3) is 0.449. The first-order chi connectivity index (χ1) is 28.1. The highest BCUT2D eigenvalue weighted by atomic mass is 16.6. The molecule has 2 atom stereocenters. The van der Waals surface area contributed by atoms with Crippen LogP contribution in [0, 0.1) is 16.2 Å². The van der Waals surface area contributed by atoms with Gasteiger partial charge in [0.1, 0.15) is 5.75 Å². The standard InChI is InChI=1S/C49H58N2O9/c1-47(2,3)44(53)58-37-17-14-29-23-35-41-31(19-21-51(35)11)26-40(59-45(54)48(4,5)6)42(60-46(55)49(7,8)9)43(41)57-38-27-33-30(25-36(38)52)18-20-50(10)34(33)22-28-12-15-32(16-13-28)56-39(37)24-29/h12-17,24-27,34-35,52H,18-23H2,1-11H3. The lowest BCUT2D eigenvalue weighted by atomic mass is 9.87. The zero-order valence-corrected chi connectivity index (χ0v) is 36.8. The van der Waals surface area contributed by atoms with Crippen LogP contribution in [0.2, 0.25) is 0 Å². The highest BCUT2D eigenvalue weighted by molar-refractivity contribution is 5.83. The average Bonchev–Trinajstić information content (AvgIpc) is 3.15. The second-order valence-corrected chi connectivity index (χ2v) is 19.6. The molecule has 8 rings (SSSR count). The number of aromatic hydroxyl groups is 1. The molecule has 0 fully saturated rings. The first-order valence-electron chi connectivity index (χ1n) is 20.8. The Morgan fingerprint density at radius 1 is 0.617 bits per heavy atom. The monoisotopic (exact) mass is 818 g/mol. The number of carbonyl (C=O) groups is 3. The number of esters is 3. The van der Waals surface area contributed by atoms with Crippen molar-refractivity contribution in [3.8, 4) is 46.0 Å². The SMILES string of the molecule is CN1CCc2cc(O)c3cc2C1Cc1ccc(cc1)Oc1cc(ccc1OC(=O)C(C)(C)C)CC1c2c(cc(OC(=O)C(C)(C)C)c(OC(=O)C(C)(C)C)c2O3)CCN1C. The van der Waals surface area contributed by atoms with E-state index in [2.05, 4.69) is 16.8 Å². The fourth-order valence-electron chi connectivity index (χ4n) is 7.62. The van der Waals surface area contributed by atoms with Gasteiger partial charge in [-0.25, -0.2) is 0 Å². The van der Waals surface area contributed by atoms with Gasteiger partial charge in [0.2, 0.25) is 5.75 Å². The molecule has 11 heteroatoms. The lowest BCUT2D eigenvalue weighted by Crippen LogP contribution is -2.34. The molecule has 0 spiro atoms. The minimum Gasteiger partial charge on any atom is -0.504 e. The second kappa shape index (κ2) is 15.9. The van der Waals surface area contributed by atoms with Gasteiger partial charge in [-0.15, -0.1) is 0 Å². The smallest absolute Gasteiger partial charge is 0.316 e. The first kappa shape index (κ1) is 42.7. The molecule has 0 saturated carbocycles. The number of hydrogen-bond donors (Lipinski definition) is 1. The van der Waals surface area contributed by atoms with Crippen LogP contribution in [-0.4, -0.2) is 60.0 Å². The quantitative estimate of drug-likeness (QED) is 0.157. The molecule has 1 N–H and O–H groups in total. The van der Waals surface area contributed by atoms with Gasteiger partial charge in [-0.1, -0.05) is 18.2 Å². The molecule has 4 aromatic rings. The zero-order valence-electron chi connectivity index (χ0n) is 36.8. The summed E-state index contributed by atoms with van der Waals surface area (Å²) in [5.74, 6) is 0.138. The number of carbonyl (C=O) groups excluding carboxylic acids is 3. The molecule has 2 unspecified atom stereocenters. The summed E-state index contributed by atoms with van der Waals surface area (Å²) in [5, 5.41) is 11.7. The summed E-state index contributed by atoms with van der Waals surface area (Å²) < 4.78 is 31.9. The van der Waals surface area contributed by atoms with E-state index in [1.807, 2.05) is 49.5 Å². The Hall–Kier alpha value is -5.39. The Morgan fingerprint density at radius 2 is 1.17 bits per heavy atom. The lowest BCUT2D eigenvalue weighted by molar-refractivity contribution is -0.145. The molecule has 0 amide bonds. The minimum atomic E-state index is -0.933. The van der Waals surface area contributed by atoms with Gasteiger partial charge in [0, 0.05) is 30.7 Å². The highest BCUT2D eigenvalue weighted by Gasteiger charge is 2.38. The van der Waals surface area contributed by atoms with Gasteiger partial charge < -0.3 is 28.8 Å². The molecule has 60 heavy (non-hydrogen) atoms. The van der Waals surface area contributed by atoms with E-state index < -0.39 is 34.2 Å². The van der Waals surface area contributed by atoms with Gasteiger partial charge in [0.15, 0.2) is 34.5 Å². The Labute approximate surface area is 353 Å². The van der Waals surface area contributed by atoms with E-state index in [1.165, 1.54) is 0 Å². The molecule has 11 nitrogen and oxygen atoms in total. The Morgan fingerprint density at radius 3 is 1.80 bits per heavy atom. The lowest BCUT2D eigenvalue weighted by Gasteiger charge is -2.37. The zero-order chi connectivity index (χ0) is 43.5. The number of rotatable bonds is 3. The number of ether oxygens (including phenoxy) is 5. The summed E-state index contributed by atoms with van der Waals surface area (Å²) in [6, 6.07) is 18.5.